The summed E-state index contributed by atoms with van der Waals surface area (Å²) in [7, 11) is 0. The van der Waals surface area contributed by atoms with E-state index in [0.717, 1.165) is 60.9 Å². The maximum atomic E-state index is 6.36. The van der Waals surface area contributed by atoms with Crippen LogP contribution in [0.3, 0.4) is 0 Å². The number of nitrogens with zero attached hydrogens (tertiary/aromatic N) is 2. The van der Waals surface area contributed by atoms with Crippen LogP contribution >= 0.6 is 0 Å². The first kappa shape index (κ1) is 25.2. The molecule has 46 heavy (non-hydrogen) atoms. The van der Waals surface area contributed by atoms with E-state index in [4.69, 9.17) is 9.40 Å². The standard InChI is InChI=1S/C43H26N2O/c1-2-11-28(12-3-1)42-35-25-26-38-41(40(35)33-14-4-7-18-36(33)44-42)34-15-5-8-19-37(34)45(38)29-23-21-27(22-24-29)30-16-10-17-32-31-13-6-9-20-39(31)46-43(30)32/h1-26H. The molecule has 3 nitrogen and oxygen atoms in total. The molecule has 0 unspecified atom stereocenters. The van der Waals surface area contributed by atoms with Gasteiger partial charge in [-0.25, -0.2) is 4.98 Å². The number of pyridine rings is 1. The highest BCUT2D eigenvalue weighted by atomic mass is 16.3. The van der Waals surface area contributed by atoms with E-state index in [0.29, 0.717) is 0 Å². The molecule has 10 aromatic rings. The van der Waals surface area contributed by atoms with Gasteiger partial charge in [-0.3, -0.25) is 0 Å². The third-order valence-corrected chi connectivity index (χ3v) is 9.39. The average molecular weight is 587 g/mol. The minimum absolute atomic E-state index is 0.914. The lowest BCUT2D eigenvalue weighted by Crippen LogP contribution is -1.94. The Kier molecular flexibility index (Phi) is 5.28. The smallest absolute Gasteiger partial charge is 0.143 e. The summed E-state index contributed by atoms with van der Waals surface area (Å²) in [5, 5.41) is 8.34. The van der Waals surface area contributed by atoms with Crippen molar-refractivity contribution in [1.29, 1.82) is 0 Å². The largest absolute Gasteiger partial charge is 0.455 e. The Morgan fingerprint density at radius 2 is 1.15 bits per heavy atom. The van der Waals surface area contributed by atoms with Crippen LogP contribution in [0.2, 0.25) is 0 Å². The molecule has 0 saturated heterocycles. The van der Waals surface area contributed by atoms with E-state index in [1.54, 1.807) is 0 Å². The van der Waals surface area contributed by atoms with Crippen LogP contribution in [0.4, 0.5) is 0 Å². The minimum atomic E-state index is 0.914. The third-order valence-electron chi connectivity index (χ3n) is 9.39. The maximum Gasteiger partial charge on any atom is 0.143 e. The van der Waals surface area contributed by atoms with Gasteiger partial charge in [-0.2, -0.15) is 0 Å². The van der Waals surface area contributed by atoms with Crippen molar-refractivity contribution in [2.45, 2.75) is 0 Å². The predicted octanol–water partition coefficient (Wildman–Crippen LogP) is 11.7. The Hall–Kier alpha value is -6.19. The summed E-state index contributed by atoms with van der Waals surface area (Å²) in [6.07, 6.45) is 0. The molecular formula is C43H26N2O. The molecular weight excluding hydrogens is 560 g/mol. The number of para-hydroxylation sites is 4. The second-order valence-corrected chi connectivity index (χ2v) is 11.9. The van der Waals surface area contributed by atoms with E-state index in [2.05, 4.69) is 150 Å². The second kappa shape index (κ2) is 9.65. The highest BCUT2D eigenvalue weighted by Crippen LogP contribution is 2.43. The number of hydrogen-bond acceptors (Lipinski definition) is 2. The summed E-state index contributed by atoms with van der Waals surface area (Å²) in [6, 6.07) is 55.9. The van der Waals surface area contributed by atoms with Crippen molar-refractivity contribution < 1.29 is 4.42 Å². The molecule has 3 aromatic heterocycles. The fourth-order valence-corrected chi connectivity index (χ4v) is 7.36. The summed E-state index contributed by atoms with van der Waals surface area (Å²) in [6.45, 7) is 0. The minimum Gasteiger partial charge on any atom is -0.455 e. The lowest BCUT2D eigenvalue weighted by atomic mass is 9.96. The summed E-state index contributed by atoms with van der Waals surface area (Å²) < 4.78 is 8.76. The predicted molar refractivity (Wildman–Crippen MR) is 192 cm³/mol. The molecule has 0 spiro atoms. The van der Waals surface area contributed by atoms with Crippen molar-refractivity contribution in [2.75, 3.05) is 0 Å². The van der Waals surface area contributed by atoms with Crippen LogP contribution < -0.4 is 0 Å². The Morgan fingerprint density at radius 1 is 0.435 bits per heavy atom. The van der Waals surface area contributed by atoms with E-state index in [-0.39, 0.29) is 0 Å². The van der Waals surface area contributed by atoms with Crippen molar-refractivity contribution in [3.05, 3.63) is 158 Å². The number of aromatic nitrogens is 2. The summed E-state index contributed by atoms with van der Waals surface area (Å²) in [5.74, 6) is 0. The van der Waals surface area contributed by atoms with Crippen LogP contribution in [0, 0.1) is 0 Å². The zero-order valence-electron chi connectivity index (χ0n) is 24.8. The molecule has 214 valence electrons. The lowest BCUT2D eigenvalue weighted by molar-refractivity contribution is 0.670. The Morgan fingerprint density at radius 3 is 2.02 bits per heavy atom. The zero-order valence-corrected chi connectivity index (χ0v) is 24.8. The SMILES string of the molecule is c1ccc(-c2nc3ccccc3c3c2ccc2c3c3ccccc3n2-c2ccc(-c3cccc4c3oc3ccccc34)cc2)cc1. The molecule has 0 fully saturated rings. The van der Waals surface area contributed by atoms with Gasteiger partial charge in [-0.05, 0) is 42.0 Å². The van der Waals surface area contributed by atoms with Gasteiger partial charge < -0.3 is 8.98 Å². The van der Waals surface area contributed by atoms with Crippen molar-refractivity contribution in [2.24, 2.45) is 0 Å². The first-order valence-electron chi connectivity index (χ1n) is 15.6. The molecule has 7 aromatic carbocycles. The molecule has 0 saturated carbocycles. The monoisotopic (exact) mass is 586 g/mol. The van der Waals surface area contributed by atoms with Gasteiger partial charge in [-0.15, -0.1) is 0 Å². The van der Waals surface area contributed by atoms with Gasteiger partial charge in [0, 0.05) is 54.5 Å². The van der Waals surface area contributed by atoms with Crippen LogP contribution in [0.15, 0.2) is 162 Å². The van der Waals surface area contributed by atoms with E-state index in [1.165, 1.54) is 32.6 Å². The summed E-state index contributed by atoms with van der Waals surface area (Å²) in [5.41, 5.74) is 10.7. The van der Waals surface area contributed by atoms with E-state index < -0.39 is 0 Å². The summed E-state index contributed by atoms with van der Waals surface area (Å²) in [4.78, 5) is 5.18. The highest BCUT2D eigenvalue weighted by molar-refractivity contribution is 6.29. The molecule has 0 amide bonds. The lowest BCUT2D eigenvalue weighted by Gasteiger charge is -2.13. The quantitative estimate of drug-likeness (QED) is 0.193. The number of benzene rings is 7. The third kappa shape index (κ3) is 3.57. The Bertz CT molecular complexity index is 2790. The van der Waals surface area contributed by atoms with Gasteiger partial charge in [0.05, 0.1) is 22.2 Å². The normalized spacial score (nSPS) is 11.9. The molecule has 0 aliphatic heterocycles. The summed E-state index contributed by atoms with van der Waals surface area (Å²) >= 11 is 0. The number of hydrogen-bond donors (Lipinski definition) is 0. The molecule has 0 atom stereocenters. The van der Waals surface area contributed by atoms with Crippen LogP contribution in [0.1, 0.15) is 0 Å². The molecule has 3 heteroatoms. The van der Waals surface area contributed by atoms with Gasteiger partial charge in [0.25, 0.3) is 0 Å². The average Bonchev–Trinajstić information content (AvgIpc) is 3.68. The van der Waals surface area contributed by atoms with Gasteiger partial charge in [0.2, 0.25) is 0 Å². The maximum absolute atomic E-state index is 6.36. The van der Waals surface area contributed by atoms with Gasteiger partial charge in [-0.1, -0.05) is 121 Å². The number of furan rings is 1. The topological polar surface area (TPSA) is 31.0 Å². The molecule has 10 rings (SSSR count). The van der Waals surface area contributed by atoms with E-state index >= 15 is 0 Å². The van der Waals surface area contributed by atoms with Gasteiger partial charge >= 0.3 is 0 Å². The zero-order chi connectivity index (χ0) is 30.2. The highest BCUT2D eigenvalue weighted by Gasteiger charge is 2.19. The van der Waals surface area contributed by atoms with Crippen molar-refractivity contribution >= 4 is 65.4 Å². The molecule has 0 radical (unpaired) electrons. The van der Waals surface area contributed by atoms with Gasteiger partial charge in [0.1, 0.15) is 11.2 Å². The fourth-order valence-electron chi connectivity index (χ4n) is 7.36. The van der Waals surface area contributed by atoms with Crippen molar-refractivity contribution in [3.63, 3.8) is 0 Å². The number of rotatable bonds is 3. The van der Waals surface area contributed by atoms with Crippen LogP contribution in [-0.4, -0.2) is 9.55 Å². The molecule has 0 aliphatic carbocycles. The molecule has 3 heterocycles. The molecule has 0 aliphatic rings. The van der Waals surface area contributed by atoms with Gasteiger partial charge in [0.15, 0.2) is 0 Å². The first-order chi connectivity index (χ1) is 22.8. The van der Waals surface area contributed by atoms with Crippen LogP contribution in [0.25, 0.3) is 93.5 Å². The van der Waals surface area contributed by atoms with E-state index in [9.17, 15) is 0 Å². The van der Waals surface area contributed by atoms with Crippen molar-refractivity contribution in [3.8, 4) is 28.1 Å². The fraction of sp³-hybridized carbons (Fsp3) is 0. The Labute approximate surface area is 264 Å². The van der Waals surface area contributed by atoms with Crippen LogP contribution in [-0.2, 0) is 0 Å². The Balaban J connectivity index is 1.23. The first-order valence-corrected chi connectivity index (χ1v) is 15.6. The van der Waals surface area contributed by atoms with Crippen molar-refractivity contribution in [1.82, 2.24) is 9.55 Å². The molecule has 0 bridgehead atoms. The second-order valence-electron chi connectivity index (χ2n) is 11.9. The number of fused-ring (bicyclic) bond motifs is 10. The van der Waals surface area contributed by atoms with E-state index in [1.807, 2.05) is 12.1 Å². The molecule has 0 N–H and O–H groups in total. The van der Waals surface area contributed by atoms with Crippen LogP contribution in [0.5, 0.6) is 0 Å².